The van der Waals surface area contributed by atoms with Crippen LogP contribution in [0.5, 0.6) is 5.75 Å². The zero-order chi connectivity index (χ0) is 14.6. The van der Waals surface area contributed by atoms with Crippen LogP contribution in [0.1, 0.15) is 11.1 Å². The molecule has 2 N–H and O–H groups in total. The minimum atomic E-state index is -3.62. The lowest BCUT2D eigenvalue weighted by molar-refractivity contribution is 0.475. The van der Waals surface area contributed by atoms with E-state index in [-0.39, 0.29) is 17.2 Å². The summed E-state index contributed by atoms with van der Waals surface area (Å²) in [6.07, 6.45) is 0. The highest BCUT2D eigenvalue weighted by Crippen LogP contribution is 2.12. The van der Waals surface area contributed by atoms with Crippen LogP contribution in [0.4, 0.5) is 0 Å². The molecule has 0 heterocycles. The third-order valence-corrected chi connectivity index (χ3v) is 4.11. The molecule has 0 unspecified atom stereocenters. The number of rotatable bonds is 4. The fourth-order valence-electron chi connectivity index (χ4n) is 1.58. The van der Waals surface area contributed by atoms with Crippen LogP contribution in [0, 0.1) is 11.3 Å². The van der Waals surface area contributed by atoms with E-state index < -0.39 is 10.0 Å². The second-order valence-electron chi connectivity index (χ2n) is 4.13. The summed E-state index contributed by atoms with van der Waals surface area (Å²) in [6, 6.07) is 13.9. The number of aromatic hydroxyl groups is 1. The number of nitriles is 1. The molecule has 0 saturated heterocycles. The van der Waals surface area contributed by atoms with Crippen LogP contribution in [0.15, 0.2) is 53.4 Å². The highest BCUT2D eigenvalue weighted by Gasteiger charge is 2.13. The smallest absolute Gasteiger partial charge is 0.240 e. The van der Waals surface area contributed by atoms with Gasteiger partial charge in [0.25, 0.3) is 0 Å². The van der Waals surface area contributed by atoms with E-state index in [4.69, 9.17) is 10.4 Å². The zero-order valence-corrected chi connectivity index (χ0v) is 11.3. The van der Waals surface area contributed by atoms with Crippen LogP contribution in [-0.2, 0) is 16.6 Å². The van der Waals surface area contributed by atoms with Crippen molar-refractivity contribution >= 4 is 10.0 Å². The molecule has 20 heavy (non-hydrogen) atoms. The van der Waals surface area contributed by atoms with Crippen molar-refractivity contribution in [2.45, 2.75) is 11.4 Å². The van der Waals surface area contributed by atoms with Gasteiger partial charge in [-0.2, -0.15) is 5.26 Å². The molecule has 0 aliphatic carbocycles. The van der Waals surface area contributed by atoms with E-state index in [9.17, 15) is 8.42 Å². The van der Waals surface area contributed by atoms with Crippen molar-refractivity contribution < 1.29 is 13.5 Å². The van der Waals surface area contributed by atoms with E-state index in [1.165, 1.54) is 36.4 Å². The normalized spacial score (nSPS) is 10.9. The second-order valence-corrected chi connectivity index (χ2v) is 5.89. The van der Waals surface area contributed by atoms with Crippen molar-refractivity contribution in [3.63, 3.8) is 0 Å². The Hall–Kier alpha value is -2.36. The Morgan fingerprint density at radius 3 is 2.20 bits per heavy atom. The number of hydrogen-bond acceptors (Lipinski definition) is 4. The third kappa shape index (κ3) is 3.35. The maximum atomic E-state index is 12.0. The van der Waals surface area contributed by atoms with Gasteiger partial charge in [-0.1, -0.05) is 12.1 Å². The molecule has 0 atom stereocenters. The molecule has 2 aromatic rings. The summed E-state index contributed by atoms with van der Waals surface area (Å²) in [7, 11) is -3.62. The maximum absolute atomic E-state index is 12.0. The summed E-state index contributed by atoms with van der Waals surface area (Å²) in [5.41, 5.74) is 1.14. The highest BCUT2D eigenvalue weighted by atomic mass is 32.2. The quantitative estimate of drug-likeness (QED) is 0.896. The van der Waals surface area contributed by atoms with Gasteiger partial charge in [-0.3, -0.25) is 0 Å². The molecule has 0 radical (unpaired) electrons. The Bertz CT molecular complexity index is 729. The van der Waals surface area contributed by atoms with E-state index in [1.807, 2.05) is 6.07 Å². The van der Waals surface area contributed by atoms with Crippen LogP contribution in [0.2, 0.25) is 0 Å². The topological polar surface area (TPSA) is 90.2 Å². The zero-order valence-electron chi connectivity index (χ0n) is 10.4. The molecule has 6 heteroatoms. The molecule has 0 amide bonds. The Balaban J connectivity index is 2.10. The number of phenolic OH excluding ortho intramolecular Hbond substituents is 1. The molecular weight excluding hydrogens is 276 g/mol. The molecule has 2 rings (SSSR count). The number of nitrogens with zero attached hydrogens (tertiary/aromatic N) is 1. The van der Waals surface area contributed by atoms with E-state index in [1.54, 1.807) is 12.1 Å². The van der Waals surface area contributed by atoms with Gasteiger partial charge >= 0.3 is 0 Å². The Morgan fingerprint density at radius 2 is 1.65 bits per heavy atom. The second kappa shape index (κ2) is 5.74. The van der Waals surface area contributed by atoms with Crippen molar-refractivity contribution in [2.75, 3.05) is 0 Å². The van der Waals surface area contributed by atoms with Crippen molar-refractivity contribution in [1.82, 2.24) is 4.72 Å². The van der Waals surface area contributed by atoms with E-state index in [2.05, 4.69) is 4.72 Å². The number of nitrogens with one attached hydrogen (secondary N) is 1. The average molecular weight is 288 g/mol. The molecule has 0 aromatic heterocycles. The predicted molar refractivity (Wildman–Crippen MR) is 73.3 cm³/mol. The van der Waals surface area contributed by atoms with Crippen molar-refractivity contribution in [3.8, 4) is 11.8 Å². The van der Waals surface area contributed by atoms with Gasteiger partial charge in [0, 0.05) is 6.54 Å². The first-order valence-corrected chi connectivity index (χ1v) is 7.27. The lowest BCUT2D eigenvalue weighted by Crippen LogP contribution is -2.23. The minimum Gasteiger partial charge on any atom is -0.508 e. The van der Waals surface area contributed by atoms with E-state index in [0.29, 0.717) is 5.56 Å². The Kier molecular flexibility index (Phi) is 4.03. The molecule has 0 aliphatic rings. The minimum absolute atomic E-state index is 0.107. The average Bonchev–Trinajstić information content (AvgIpc) is 2.47. The number of benzene rings is 2. The molecule has 0 saturated carbocycles. The number of phenols is 1. The van der Waals surface area contributed by atoms with Gasteiger partial charge in [0.2, 0.25) is 10.0 Å². The van der Waals surface area contributed by atoms with Crippen molar-refractivity contribution in [2.24, 2.45) is 0 Å². The van der Waals surface area contributed by atoms with E-state index in [0.717, 1.165) is 5.56 Å². The molecule has 102 valence electrons. The molecule has 0 aliphatic heterocycles. The largest absolute Gasteiger partial charge is 0.508 e. The van der Waals surface area contributed by atoms with Crippen molar-refractivity contribution in [1.29, 1.82) is 5.26 Å². The Labute approximate surface area is 117 Å². The summed E-state index contributed by atoms with van der Waals surface area (Å²) in [5.74, 6) is 0.128. The van der Waals surface area contributed by atoms with Crippen LogP contribution in [0.25, 0.3) is 0 Å². The fourth-order valence-corrected chi connectivity index (χ4v) is 2.60. The molecule has 0 spiro atoms. The van der Waals surface area contributed by atoms with E-state index >= 15 is 0 Å². The van der Waals surface area contributed by atoms with Gasteiger partial charge in [0.15, 0.2) is 0 Å². The first-order valence-electron chi connectivity index (χ1n) is 5.79. The number of hydrogen-bond donors (Lipinski definition) is 2. The summed E-state index contributed by atoms with van der Waals surface area (Å²) in [5, 5.41) is 17.8. The molecule has 0 bridgehead atoms. The maximum Gasteiger partial charge on any atom is 0.240 e. The highest BCUT2D eigenvalue weighted by molar-refractivity contribution is 7.89. The van der Waals surface area contributed by atoms with Gasteiger partial charge in [-0.25, -0.2) is 13.1 Å². The van der Waals surface area contributed by atoms with Gasteiger partial charge in [0.1, 0.15) is 5.75 Å². The van der Waals surface area contributed by atoms with Crippen LogP contribution in [0.3, 0.4) is 0 Å². The van der Waals surface area contributed by atoms with Crippen LogP contribution in [-0.4, -0.2) is 13.5 Å². The van der Waals surface area contributed by atoms with Gasteiger partial charge in [-0.05, 0) is 42.0 Å². The first kappa shape index (κ1) is 14.1. The first-order chi connectivity index (χ1) is 9.51. The molecule has 0 fully saturated rings. The van der Waals surface area contributed by atoms with Gasteiger partial charge in [-0.15, -0.1) is 0 Å². The molecular formula is C14H12N2O3S. The van der Waals surface area contributed by atoms with Crippen LogP contribution < -0.4 is 4.72 Å². The molecule has 2 aromatic carbocycles. The third-order valence-electron chi connectivity index (χ3n) is 2.70. The summed E-state index contributed by atoms with van der Waals surface area (Å²) in [6.45, 7) is 0.128. The Morgan fingerprint density at radius 1 is 1.05 bits per heavy atom. The lowest BCUT2D eigenvalue weighted by atomic mass is 10.2. The van der Waals surface area contributed by atoms with Gasteiger partial charge in [0.05, 0.1) is 16.5 Å². The molecule has 5 nitrogen and oxygen atoms in total. The fraction of sp³-hybridized carbons (Fsp3) is 0.0714. The van der Waals surface area contributed by atoms with Gasteiger partial charge < -0.3 is 5.11 Å². The summed E-state index contributed by atoms with van der Waals surface area (Å²) < 4.78 is 26.5. The predicted octanol–water partition coefficient (Wildman–Crippen LogP) is 1.74. The van der Waals surface area contributed by atoms with Crippen LogP contribution >= 0.6 is 0 Å². The summed E-state index contributed by atoms with van der Waals surface area (Å²) in [4.78, 5) is 0.107. The monoisotopic (exact) mass is 288 g/mol. The van der Waals surface area contributed by atoms with Crippen molar-refractivity contribution in [3.05, 3.63) is 59.7 Å². The standard InChI is InChI=1S/C14H12N2O3S/c15-9-11-3-7-14(8-4-11)20(18,19)16-10-12-1-5-13(17)6-2-12/h1-8,16-17H,10H2. The lowest BCUT2D eigenvalue weighted by Gasteiger charge is -2.07. The number of sulfonamides is 1. The summed E-state index contributed by atoms with van der Waals surface area (Å²) >= 11 is 0. The SMILES string of the molecule is N#Cc1ccc(S(=O)(=O)NCc2ccc(O)cc2)cc1.